The van der Waals surface area contributed by atoms with Crippen molar-refractivity contribution in [3.8, 4) is 0 Å². The molecule has 0 bridgehead atoms. The summed E-state index contributed by atoms with van der Waals surface area (Å²) in [5.74, 6) is -0.447. The second-order valence-electron chi connectivity index (χ2n) is 9.79. The highest BCUT2D eigenvalue weighted by Gasteiger charge is 2.14. The Bertz CT molecular complexity index is 432. The van der Waals surface area contributed by atoms with Crippen molar-refractivity contribution >= 4 is 11.9 Å². The van der Waals surface area contributed by atoms with E-state index >= 15 is 0 Å². The Labute approximate surface area is 210 Å². The normalized spacial score (nSPS) is 11.2. The van der Waals surface area contributed by atoms with E-state index < -0.39 is 0 Å². The van der Waals surface area contributed by atoms with E-state index in [2.05, 4.69) is 13.8 Å². The van der Waals surface area contributed by atoms with Gasteiger partial charge in [0, 0.05) is 12.8 Å². The van der Waals surface area contributed by atoms with Gasteiger partial charge in [-0.2, -0.15) is 0 Å². The maximum Gasteiger partial charge on any atom is 0.306 e. The van der Waals surface area contributed by atoms with Crippen LogP contribution < -0.4 is 0 Å². The van der Waals surface area contributed by atoms with Gasteiger partial charge in [-0.05, 0) is 38.5 Å². The van der Waals surface area contributed by atoms with Gasteiger partial charge in [-0.1, -0.05) is 104 Å². The lowest BCUT2D eigenvalue weighted by molar-refractivity contribution is -0.150. The van der Waals surface area contributed by atoms with Gasteiger partial charge in [0.05, 0.1) is 6.61 Å². The van der Waals surface area contributed by atoms with Gasteiger partial charge in [-0.3, -0.25) is 9.59 Å². The summed E-state index contributed by atoms with van der Waals surface area (Å²) in [6.45, 7) is 4.39. The third kappa shape index (κ3) is 24.0. The molecule has 0 saturated heterocycles. The summed E-state index contributed by atoms with van der Waals surface area (Å²) in [5.41, 5.74) is 0. The van der Waals surface area contributed by atoms with E-state index in [-0.39, 0.29) is 37.7 Å². The van der Waals surface area contributed by atoms with Crippen LogP contribution in [0.25, 0.3) is 0 Å². The monoisotopic (exact) mass is 484 g/mol. The molecule has 0 aliphatic rings. The molecule has 0 heterocycles. The van der Waals surface area contributed by atoms with E-state index in [9.17, 15) is 9.59 Å². The van der Waals surface area contributed by atoms with Crippen LogP contribution >= 0.6 is 0 Å². The van der Waals surface area contributed by atoms with E-state index in [4.69, 9.17) is 14.6 Å². The van der Waals surface area contributed by atoms with Gasteiger partial charge in [-0.15, -0.1) is 0 Å². The zero-order chi connectivity index (χ0) is 25.1. The molecule has 0 rings (SSSR count). The van der Waals surface area contributed by atoms with E-state index in [1.165, 1.54) is 89.9 Å². The number of aliphatic hydroxyl groups excluding tert-OH is 1. The molecule has 0 aliphatic heterocycles. The molecule has 0 saturated carbocycles. The summed E-state index contributed by atoms with van der Waals surface area (Å²) in [6.07, 6.45) is 24.5. The molecule has 0 aromatic rings. The first-order chi connectivity index (χ1) is 16.6. The van der Waals surface area contributed by atoms with Crippen molar-refractivity contribution in [2.75, 3.05) is 13.2 Å². The van der Waals surface area contributed by atoms with Gasteiger partial charge in [0.15, 0.2) is 0 Å². The minimum atomic E-state index is -0.315. The maximum atomic E-state index is 12.4. The van der Waals surface area contributed by atoms with E-state index in [0.717, 1.165) is 25.7 Å². The molecule has 202 valence electrons. The number of esters is 2. The molecule has 0 radical (unpaired) electrons. The number of hydrogen-bond donors (Lipinski definition) is 1. The average Bonchev–Trinajstić information content (AvgIpc) is 2.83. The predicted molar refractivity (Wildman–Crippen MR) is 141 cm³/mol. The molecule has 1 N–H and O–H groups in total. The fraction of sp³-hybridized carbons (Fsp3) is 0.931. The van der Waals surface area contributed by atoms with E-state index in [0.29, 0.717) is 19.3 Å². The van der Waals surface area contributed by atoms with Crippen LogP contribution in [0.3, 0.4) is 0 Å². The number of carbonyl (C=O) groups is 2. The van der Waals surface area contributed by atoms with Crippen molar-refractivity contribution in [3.05, 3.63) is 0 Å². The summed E-state index contributed by atoms with van der Waals surface area (Å²) in [5, 5.41) is 8.68. The second kappa shape index (κ2) is 26.5. The standard InChI is InChI=1S/C29H56O5/c1-3-5-7-9-11-13-15-17-21-27(22-18-16-14-12-10-8-6-4-2)34-29(32)24-20-19-23-28(31)33-26-25-30/h27,30H,3-26H2,1-2H3. The minimum absolute atomic E-state index is 0.0417. The molecule has 0 spiro atoms. The van der Waals surface area contributed by atoms with E-state index in [1.807, 2.05) is 0 Å². The molecule has 0 amide bonds. The van der Waals surface area contributed by atoms with Crippen LogP contribution in [0, 0.1) is 0 Å². The minimum Gasteiger partial charge on any atom is -0.463 e. The lowest BCUT2D eigenvalue weighted by Gasteiger charge is -2.18. The third-order valence-corrected chi connectivity index (χ3v) is 6.42. The zero-order valence-electron chi connectivity index (χ0n) is 22.6. The quantitative estimate of drug-likeness (QED) is 0.0992. The highest BCUT2D eigenvalue weighted by molar-refractivity contribution is 5.70. The lowest BCUT2D eigenvalue weighted by atomic mass is 10.0. The van der Waals surface area contributed by atoms with Crippen molar-refractivity contribution in [1.29, 1.82) is 0 Å². The first-order valence-electron chi connectivity index (χ1n) is 14.6. The summed E-state index contributed by atoms with van der Waals surface area (Å²) in [7, 11) is 0. The zero-order valence-corrected chi connectivity index (χ0v) is 22.6. The molecule has 0 fully saturated rings. The SMILES string of the molecule is CCCCCCCCCCC(CCCCCCCCCC)OC(=O)CCCCC(=O)OCCO. The largest absolute Gasteiger partial charge is 0.463 e. The second-order valence-corrected chi connectivity index (χ2v) is 9.79. The number of hydrogen-bond acceptors (Lipinski definition) is 5. The summed E-state index contributed by atoms with van der Waals surface area (Å²) >= 11 is 0. The molecule has 0 aromatic heterocycles. The number of aliphatic hydroxyl groups is 1. The number of unbranched alkanes of at least 4 members (excludes halogenated alkanes) is 15. The van der Waals surface area contributed by atoms with Crippen LogP contribution in [0.5, 0.6) is 0 Å². The van der Waals surface area contributed by atoms with Crippen molar-refractivity contribution in [1.82, 2.24) is 0 Å². The smallest absolute Gasteiger partial charge is 0.306 e. The predicted octanol–water partition coefficient (Wildman–Crippen LogP) is 8.06. The Morgan fingerprint density at radius 2 is 1.00 bits per heavy atom. The summed E-state index contributed by atoms with van der Waals surface area (Å²) in [6, 6.07) is 0. The van der Waals surface area contributed by atoms with Gasteiger partial charge in [0.25, 0.3) is 0 Å². The van der Waals surface area contributed by atoms with Crippen molar-refractivity contribution < 1.29 is 24.2 Å². The fourth-order valence-corrected chi connectivity index (χ4v) is 4.29. The van der Waals surface area contributed by atoms with Crippen LogP contribution in [0.15, 0.2) is 0 Å². The average molecular weight is 485 g/mol. The van der Waals surface area contributed by atoms with Gasteiger partial charge < -0.3 is 14.6 Å². The number of rotatable bonds is 26. The number of carbonyl (C=O) groups excluding carboxylic acids is 2. The van der Waals surface area contributed by atoms with Crippen LogP contribution in [-0.2, 0) is 19.1 Å². The molecule has 34 heavy (non-hydrogen) atoms. The Morgan fingerprint density at radius 1 is 0.588 bits per heavy atom. The Balaban J connectivity index is 4.12. The Kier molecular flexibility index (Phi) is 25.6. The first-order valence-corrected chi connectivity index (χ1v) is 14.6. The summed E-state index contributed by atoms with van der Waals surface area (Å²) < 4.78 is 10.7. The molecule has 0 aliphatic carbocycles. The van der Waals surface area contributed by atoms with Crippen LogP contribution in [0.4, 0.5) is 0 Å². The highest BCUT2D eigenvalue weighted by Crippen LogP contribution is 2.18. The third-order valence-electron chi connectivity index (χ3n) is 6.42. The van der Waals surface area contributed by atoms with Crippen molar-refractivity contribution in [3.63, 3.8) is 0 Å². The van der Waals surface area contributed by atoms with Crippen LogP contribution in [0.2, 0.25) is 0 Å². The molecule has 0 unspecified atom stereocenters. The Hall–Kier alpha value is -1.10. The molecule has 0 aromatic carbocycles. The van der Waals surface area contributed by atoms with Gasteiger partial charge in [0.1, 0.15) is 12.7 Å². The van der Waals surface area contributed by atoms with Crippen molar-refractivity contribution in [2.45, 2.75) is 161 Å². The van der Waals surface area contributed by atoms with E-state index in [1.54, 1.807) is 0 Å². The van der Waals surface area contributed by atoms with Gasteiger partial charge >= 0.3 is 11.9 Å². The highest BCUT2D eigenvalue weighted by atomic mass is 16.5. The molecule has 5 nitrogen and oxygen atoms in total. The van der Waals surface area contributed by atoms with Crippen LogP contribution in [0.1, 0.15) is 155 Å². The lowest BCUT2D eigenvalue weighted by Crippen LogP contribution is -2.18. The molecule has 5 heteroatoms. The fourth-order valence-electron chi connectivity index (χ4n) is 4.29. The molecular weight excluding hydrogens is 428 g/mol. The van der Waals surface area contributed by atoms with Crippen molar-refractivity contribution in [2.24, 2.45) is 0 Å². The molecular formula is C29H56O5. The number of ether oxygens (including phenoxy) is 2. The van der Waals surface area contributed by atoms with Gasteiger partial charge in [-0.25, -0.2) is 0 Å². The van der Waals surface area contributed by atoms with Gasteiger partial charge in [0.2, 0.25) is 0 Å². The Morgan fingerprint density at radius 3 is 1.44 bits per heavy atom. The maximum absolute atomic E-state index is 12.4. The molecule has 0 atom stereocenters. The van der Waals surface area contributed by atoms with Crippen LogP contribution in [-0.4, -0.2) is 36.4 Å². The topological polar surface area (TPSA) is 72.8 Å². The summed E-state index contributed by atoms with van der Waals surface area (Å²) in [4.78, 5) is 23.8. The first kappa shape index (κ1) is 32.9.